The van der Waals surface area contributed by atoms with E-state index < -0.39 is 15.8 Å². The molecule has 0 aromatic heterocycles. The standard InChI is InChI=1S/C24H24BrFN2O5S/c1-32-20-8-10-21(11-9-20)33-14-13-27-24(29)18-5-3-17(4-6-18)16-28(34(2,30)31)23-12-7-19(25)15-22(23)26/h3-12,15H,13-14,16H2,1-2H3,(H,27,29). The summed E-state index contributed by atoms with van der Waals surface area (Å²) >= 11 is 3.17. The number of sulfonamides is 1. The fourth-order valence-electron chi connectivity index (χ4n) is 3.10. The maximum absolute atomic E-state index is 14.4. The molecule has 1 amide bonds. The minimum absolute atomic E-state index is 0.0515. The second kappa shape index (κ2) is 11.3. The van der Waals surface area contributed by atoms with Crippen LogP contribution < -0.4 is 19.1 Å². The van der Waals surface area contributed by atoms with Gasteiger partial charge in [-0.05, 0) is 60.2 Å². The van der Waals surface area contributed by atoms with E-state index in [1.807, 2.05) is 0 Å². The molecule has 0 bridgehead atoms. The third-order valence-electron chi connectivity index (χ3n) is 4.84. The summed E-state index contributed by atoms with van der Waals surface area (Å²) in [6.45, 7) is 0.518. The summed E-state index contributed by atoms with van der Waals surface area (Å²) in [6, 6.07) is 17.8. The molecule has 3 aromatic carbocycles. The Labute approximate surface area is 206 Å². The lowest BCUT2D eigenvalue weighted by Gasteiger charge is -2.23. The van der Waals surface area contributed by atoms with Crippen LogP contribution in [-0.2, 0) is 16.6 Å². The van der Waals surface area contributed by atoms with Gasteiger partial charge in [-0.3, -0.25) is 9.10 Å². The van der Waals surface area contributed by atoms with Crippen LogP contribution in [0.15, 0.2) is 71.2 Å². The molecule has 0 aliphatic rings. The molecule has 1 N–H and O–H groups in total. The highest BCUT2D eigenvalue weighted by Crippen LogP contribution is 2.27. The lowest BCUT2D eigenvalue weighted by molar-refractivity contribution is 0.0947. The van der Waals surface area contributed by atoms with Crippen molar-refractivity contribution in [2.45, 2.75) is 6.54 Å². The van der Waals surface area contributed by atoms with Crippen LogP contribution >= 0.6 is 15.9 Å². The molecule has 0 atom stereocenters. The summed E-state index contributed by atoms with van der Waals surface area (Å²) < 4.78 is 51.1. The predicted octanol–water partition coefficient (Wildman–Crippen LogP) is 4.37. The van der Waals surface area contributed by atoms with Crippen molar-refractivity contribution in [3.63, 3.8) is 0 Å². The Hall–Kier alpha value is -3.11. The Morgan fingerprint density at radius 3 is 2.26 bits per heavy atom. The summed E-state index contributed by atoms with van der Waals surface area (Å²) in [5.41, 5.74) is 0.963. The molecule has 0 unspecified atom stereocenters. The highest BCUT2D eigenvalue weighted by molar-refractivity contribution is 9.10. The first kappa shape index (κ1) is 25.5. The van der Waals surface area contributed by atoms with Gasteiger partial charge < -0.3 is 14.8 Å². The van der Waals surface area contributed by atoms with Crippen LogP contribution in [0, 0.1) is 5.82 Å². The van der Waals surface area contributed by atoms with E-state index in [1.54, 1.807) is 61.7 Å². The van der Waals surface area contributed by atoms with Gasteiger partial charge in [0.05, 0.1) is 32.1 Å². The average Bonchev–Trinajstić information content (AvgIpc) is 2.81. The molecule has 0 radical (unpaired) electrons. The molecule has 34 heavy (non-hydrogen) atoms. The highest BCUT2D eigenvalue weighted by atomic mass is 79.9. The van der Waals surface area contributed by atoms with Crippen molar-refractivity contribution in [2.75, 3.05) is 30.8 Å². The van der Waals surface area contributed by atoms with Gasteiger partial charge in [0, 0.05) is 10.0 Å². The fourth-order valence-corrected chi connectivity index (χ4v) is 4.32. The van der Waals surface area contributed by atoms with Gasteiger partial charge in [-0.25, -0.2) is 12.8 Å². The van der Waals surface area contributed by atoms with E-state index in [0.717, 1.165) is 16.3 Å². The maximum Gasteiger partial charge on any atom is 0.251 e. The molecular formula is C24H24BrFN2O5S. The Balaban J connectivity index is 1.57. The molecule has 0 spiro atoms. The molecule has 0 fully saturated rings. The zero-order chi connectivity index (χ0) is 24.7. The molecule has 10 heteroatoms. The number of nitrogens with zero attached hydrogens (tertiary/aromatic N) is 1. The topological polar surface area (TPSA) is 84.9 Å². The van der Waals surface area contributed by atoms with Crippen LogP contribution in [-0.4, -0.2) is 40.8 Å². The van der Waals surface area contributed by atoms with Crippen molar-refractivity contribution in [1.82, 2.24) is 5.32 Å². The summed E-state index contributed by atoms with van der Waals surface area (Å²) in [6.07, 6.45) is 1.02. The van der Waals surface area contributed by atoms with Gasteiger partial charge in [0.2, 0.25) is 10.0 Å². The van der Waals surface area contributed by atoms with Crippen LogP contribution in [0.5, 0.6) is 11.5 Å². The summed E-state index contributed by atoms with van der Waals surface area (Å²) in [5, 5.41) is 2.77. The van der Waals surface area contributed by atoms with E-state index in [2.05, 4.69) is 21.2 Å². The zero-order valence-electron chi connectivity index (χ0n) is 18.6. The molecule has 180 valence electrons. The van der Waals surface area contributed by atoms with Gasteiger partial charge in [0.25, 0.3) is 5.91 Å². The van der Waals surface area contributed by atoms with Crippen molar-refractivity contribution in [3.05, 3.63) is 88.1 Å². The number of amides is 1. The molecular weight excluding hydrogens is 527 g/mol. The average molecular weight is 551 g/mol. The van der Waals surface area contributed by atoms with Gasteiger partial charge >= 0.3 is 0 Å². The van der Waals surface area contributed by atoms with Crippen molar-refractivity contribution in [2.24, 2.45) is 0 Å². The number of carbonyl (C=O) groups is 1. The fraction of sp³-hybridized carbons (Fsp3) is 0.208. The minimum atomic E-state index is -3.74. The van der Waals surface area contributed by atoms with E-state index in [9.17, 15) is 17.6 Å². The van der Waals surface area contributed by atoms with E-state index in [1.165, 1.54) is 12.1 Å². The summed E-state index contributed by atoms with van der Waals surface area (Å²) in [4.78, 5) is 12.4. The molecule has 7 nitrogen and oxygen atoms in total. The van der Waals surface area contributed by atoms with Crippen LogP contribution in [0.1, 0.15) is 15.9 Å². The normalized spacial score (nSPS) is 11.1. The largest absolute Gasteiger partial charge is 0.497 e. The van der Waals surface area contributed by atoms with Crippen LogP contribution in [0.2, 0.25) is 0 Å². The van der Waals surface area contributed by atoms with Crippen molar-refractivity contribution in [1.29, 1.82) is 0 Å². The van der Waals surface area contributed by atoms with Gasteiger partial charge in [0.1, 0.15) is 23.9 Å². The first-order valence-electron chi connectivity index (χ1n) is 10.2. The molecule has 0 saturated heterocycles. The number of carbonyl (C=O) groups excluding carboxylic acids is 1. The number of benzene rings is 3. The molecule has 0 aliphatic carbocycles. The summed E-state index contributed by atoms with van der Waals surface area (Å²) in [7, 11) is -2.16. The third-order valence-corrected chi connectivity index (χ3v) is 6.46. The number of hydrogen-bond acceptors (Lipinski definition) is 5. The smallest absolute Gasteiger partial charge is 0.251 e. The number of halogens is 2. The Bertz CT molecular complexity index is 1240. The third kappa shape index (κ3) is 6.94. The van der Waals surface area contributed by atoms with Gasteiger partial charge in [0.15, 0.2) is 0 Å². The van der Waals surface area contributed by atoms with E-state index >= 15 is 0 Å². The predicted molar refractivity (Wildman–Crippen MR) is 132 cm³/mol. The van der Waals surface area contributed by atoms with E-state index in [4.69, 9.17) is 9.47 Å². The second-order valence-electron chi connectivity index (χ2n) is 7.34. The molecule has 3 rings (SSSR count). The lowest BCUT2D eigenvalue weighted by Crippen LogP contribution is -2.30. The number of anilines is 1. The number of methoxy groups -OCH3 is 1. The number of rotatable bonds is 10. The zero-order valence-corrected chi connectivity index (χ0v) is 21.0. The second-order valence-corrected chi connectivity index (χ2v) is 10.2. The number of ether oxygens (including phenoxy) is 2. The van der Waals surface area contributed by atoms with Gasteiger partial charge in [-0.15, -0.1) is 0 Å². The van der Waals surface area contributed by atoms with Crippen molar-refractivity contribution >= 4 is 37.5 Å². The van der Waals surface area contributed by atoms with Crippen molar-refractivity contribution < 1.29 is 27.1 Å². The maximum atomic E-state index is 14.4. The molecule has 0 aliphatic heterocycles. The minimum Gasteiger partial charge on any atom is -0.497 e. The Kier molecular flexibility index (Phi) is 8.51. The first-order valence-corrected chi connectivity index (χ1v) is 12.9. The monoisotopic (exact) mass is 550 g/mol. The van der Waals surface area contributed by atoms with Crippen LogP contribution in [0.4, 0.5) is 10.1 Å². The SMILES string of the molecule is COc1ccc(OCCNC(=O)c2ccc(CN(c3ccc(Br)cc3F)S(C)(=O)=O)cc2)cc1. The lowest BCUT2D eigenvalue weighted by atomic mass is 10.1. The highest BCUT2D eigenvalue weighted by Gasteiger charge is 2.21. The number of hydrogen-bond donors (Lipinski definition) is 1. The van der Waals surface area contributed by atoms with Crippen molar-refractivity contribution in [3.8, 4) is 11.5 Å². The Morgan fingerprint density at radius 1 is 1.03 bits per heavy atom. The van der Waals surface area contributed by atoms with Gasteiger partial charge in [-0.1, -0.05) is 28.1 Å². The van der Waals surface area contributed by atoms with E-state index in [-0.39, 0.29) is 24.7 Å². The number of nitrogens with one attached hydrogen (secondary N) is 1. The molecule has 0 heterocycles. The quantitative estimate of drug-likeness (QED) is 0.379. The summed E-state index contributed by atoms with van der Waals surface area (Å²) in [5.74, 6) is 0.444. The van der Waals surface area contributed by atoms with E-state index in [0.29, 0.717) is 27.9 Å². The first-order chi connectivity index (χ1) is 16.2. The molecule has 0 saturated carbocycles. The van der Waals surface area contributed by atoms with Crippen LogP contribution in [0.25, 0.3) is 0 Å². The van der Waals surface area contributed by atoms with Gasteiger partial charge in [-0.2, -0.15) is 0 Å². The van der Waals surface area contributed by atoms with Crippen LogP contribution in [0.3, 0.4) is 0 Å². The molecule has 3 aromatic rings. The Morgan fingerprint density at radius 2 is 1.68 bits per heavy atom.